The zero-order valence-corrected chi connectivity index (χ0v) is 22.7. The highest BCUT2D eigenvalue weighted by Gasteiger charge is 2.61. The molecule has 0 spiro atoms. The second-order valence-electron chi connectivity index (χ2n) is 12.3. The molecule has 1 aromatic heterocycles. The number of hydrogen-bond acceptors (Lipinski definition) is 5. The third-order valence-electron chi connectivity index (χ3n) is 8.87. The van der Waals surface area contributed by atoms with Crippen molar-refractivity contribution in [2.75, 3.05) is 19.0 Å². The van der Waals surface area contributed by atoms with E-state index in [1.807, 2.05) is 19.1 Å². The van der Waals surface area contributed by atoms with Gasteiger partial charge in [0.05, 0.1) is 5.60 Å². The second-order valence-corrected chi connectivity index (χ2v) is 12.3. The van der Waals surface area contributed by atoms with Gasteiger partial charge in [-0.2, -0.15) is 0 Å². The van der Waals surface area contributed by atoms with Crippen LogP contribution in [-0.4, -0.2) is 41.7 Å². The Morgan fingerprint density at radius 1 is 1.06 bits per heavy atom. The minimum atomic E-state index is -0.634. The van der Waals surface area contributed by atoms with E-state index in [9.17, 15) is 9.90 Å². The molecule has 1 amide bonds. The van der Waals surface area contributed by atoms with Gasteiger partial charge in [-0.1, -0.05) is 32.0 Å². The fourth-order valence-corrected chi connectivity index (χ4v) is 6.80. The quantitative estimate of drug-likeness (QED) is 0.474. The number of carbonyl (C=O) groups excluding carboxylic acids is 1. The first kappa shape index (κ1) is 26.6. The number of carbonyl (C=O) groups is 1. The van der Waals surface area contributed by atoms with Gasteiger partial charge in [0, 0.05) is 57.7 Å². The van der Waals surface area contributed by atoms with Gasteiger partial charge in [-0.25, -0.2) is 0 Å². The summed E-state index contributed by atoms with van der Waals surface area (Å²) >= 11 is 0. The van der Waals surface area contributed by atoms with E-state index in [2.05, 4.69) is 72.7 Å². The lowest BCUT2D eigenvalue weighted by Crippen LogP contribution is -2.51. The molecule has 2 aliphatic carbocycles. The molecular weight excluding hydrogens is 448 g/mol. The Labute approximate surface area is 216 Å². The number of benzene rings is 1. The smallest absolute Gasteiger partial charge is 0.220 e. The summed E-state index contributed by atoms with van der Waals surface area (Å²) in [5.41, 5.74) is 2.95. The lowest BCUT2D eigenvalue weighted by atomic mass is 9.57. The molecule has 2 aromatic rings. The van der Waals surface area contributed by atoms with Gasteiger partial charge >= 0.3 is 0 Å². The molecule has 0 saturated heterocycles. The van der Waals surface area contributed by atoms with Crippen molar-refractivity contribution in [1.82, 2.24) is 15.6 Å². The first-order valence-electron chi connectivity index (χ1n) is 13.4. The van der Waals surface area contributed by atoms with Crippen LogP contribution in [0.25, 0.3) is 0 Å². The third-order valence-corrected chi connectivity index (χ3v) is 8.87. The highest BCUT2D eigenvalue weighted by atomic mass is 16.3. The van der Waals surface area contributed by atoms with Crippen LogP contribution in [0.3, 0.4) is 0 Å². The monoisotopic (exact) mass is 492 g/mol. The second kappa shape index (κ2) is 10.5. The van der Waals surface area contributed by atoms with E-state index in [4.69, 9.17) is 0 Å². The normalized spacial score (nSPS) is 28.9. The number of nitrogens with zero attached hydrogens (tertiary/aromatic N) is 2. The minimum absolute atomic E-state index is 0.000952. The van der Waals surface area contributed by atoms with E-state index in [1.165, 1.54) is 11.3 Å². The van der Waals surface area contributed by atoms with Gasteiger partial charge in [-0.05, 0) is 85.1 Å². The van der Waals surface area contributed by atoms with Gasteiger partial charge in [0.25, 0.3) is 0 Å². The summed E-state index contributed by atoms with van der Waals surface area (Å²) in [7, 11) is 4.12. The number of nitrogens with one attached hydrogen (secondary N) is 2. The van der Waals surface area contributed by atoms with E-state index in [1.54, 1.807) is 12.4 Å². The molecule has 2 aliphatic rings. The van der Waals surface area contributed by atoms with Crippen molar-refractivity contribution in [3.8, 4) is 0 Å². The first-order valence-corrected chi connectivity index (χ1v) is 13.4. The number of pyridine rings is 1. The van der Waals surface area contributed by atoms with Crippen LogP contribution in [0.15, 0.2) is 48.8 Å². The summed E-state index contributed by atoms with van der Waals surface area (Å²) in [5.74, 6) is 0.459. The maximum absolute atomic E-state index is 12.9. The maximum atomic E-state index is 12.9. The summed E-state index contributed by atoms with van der Waals surface area (Å²) in [5, 5.41) is 18.0. The van der Waals surface area contributed by atoms with Crippen LogP contribution in [0, 0.1) is 16.7 Å². The summed E-state index contributed by atoms with van der Waals surface area (Å²) in [6.45, 7) is 8.01. The molecule has 2 saturated carbocycles. The molecule has 4 rings (SSSR count). The zero-order valence-electron chi connectivity index (χ0n) is 22.7. The van der Waals surface area contributed by atoms with Crippen molar-refractivity contribution < 1.29 is 9.90 Å². The summed E-state index contributed by atoms with van der Waals surface area (Å²) in [6, 6.07) is 12.9. The Bertz CT molecular complexity index is 1020. The molecule has 3 N–H and O–H groups in total. The van der Waals surface area contributed by atoms with Crippen LogP contribution in [0.5, 0.6) is 0 Å². The predicted molar refractivity (Wildman–Crippen MR) is 146 cm³/mol. The van der Waals surface area contributed by atoms with Crippen molar-refractivity contribution in [2.45, 2.75) is 84.0 Å². The van der Waals surface area contributed by atoms with Gasteiger partial charge in [-0.3, -0.25) is 9.78 Å². The Kier molecular flexibility index (Phi) is 7.77. The molecule has 0 aliphatic heterocycles. The van der Waals surface area contributed by atoms with E-state index in [0.29, 0.717) is 24.9 Å². The Morgan fingerprint density at radius 3 is 2.47 bits per heavy atom. The van der Waals surface area contributed by atoms with Crippen LogP contribution in [0.2, 0.25) is 0 Å². The molecule has 36 heavy (non-hydrogen) atoms. The fourth-order valence-electron chi connectivity index (χ4n) is 6.80. The zero-order chi connectivity index (χ0) is 26.0. The number of amides is 1. The van der Waals surface area contributed by atoms with Crippen LogP contribution in [-0.2, 0) is 17.9 Å². The van der Waals surface area contributed by atoms with Gasteiger partial charge in [0.15, 0.2) is 0 Å². The molecule has 196 valence electrons. The minimum Gasteiger partial charge on any atom is -0.390 e. The van der Waals surface area contributed by atoms with Crippen LogP contribution in [0.4, 0.5) is 5.69 Å². The first-order chi connectivity index (χ1) is 17.0. The summed E-state index contributed by atoms with van der Waals surface area (Å²) in [6.07, 6.45) is 8.47. The Hall–Kier alpha value is -2.44. The maximum Gasteiger partial charge on any atom is 0.220 e. The third kappa shape index (κ3) is 5.92. The summed E-state index contributed by atoms with van der Waals surface area (Å²) < 4.78 is 0. The van der Waals surface area contributed by atoms with Crippen molar-refractivity contribution in [3.05, 3.63) is 59.9 Å². The Morgan fingerprint density at radius 2 is 1.81 bits per heavy atom. The molecule has 0 radical (unpaired) electrons. The Balaban J connectivity index is 1.47. The number of aromatic nitrogens is 1. The van der Waals surface area contributed by atoms with Crippen molar-refractivity contribution in [3.63, 3.8) is 0 Å². The SMILES string of the molecule is CN(C)c1ccc(CNC2CC(C)(C)C3CC(C)(O)CCC23CCC(=O)NCc2cccnc2)cc1. The molecule has 2 fully saturated rings. The number of hydrogen-bond donors (Lipinski definition) is 3. The van der Waals surface area contributed by atoms with Crippen LogP contribution in [0.1, 0.15) is 70.4 Å². The predicted octanol–water partition coefficient (Wildman–Crippen LogP) is 4.67. The molecule has 1 aromatic carbocycles. The standard InChI is InChI=1S/C30H44N4O2/c1-28(2)18-26(32-20-22-8-10-24(11-9-22)34(4)5)30(15-14-29(3,36)17-25(28)30)13-12-27(35)33-21-23-7-6-16-31-19-23/h6-11,16,19,25-26,32,36H,12-15,17-18,20-21H2,1-5H3,(H,33,35). The molecule has 1 heterocycles. The molecule has 0 bridgehead atoms. The van der Waals surface area contributed by atoms with E-state index >= 15 is 0 Å². The number of fused-ring (bicyclic) bond motifs is 1. The highest BCUT2D eigenvalue weighted by molar-refractivity contribution is 5.75. The summed E-state index contributed by atoms with van der Waals surface area (Å²) in [4.78, 5) is 19.2. The van der Waals surface area contributed by atoms with Gasteiger partial charge in [-0.15, -0.1) is 0 Å². The molecule has 4 atom stereocenters. The van der Waals surface area contributed by atoms with Gasteiger partial charge in [0.1, 0.15) is 0 Å². The topological polar surface area (TPSA) is 77.5 Å². The molecule has 4 unspecified atom stereocenters. The molecular formula is C30H44N4O2. The number of anilines is 1. The van der Waals surface area contributed by atoms with Gasteiger partial charge < -0.3 is 20.6 Å². The van der Waals surface area contributed by atoms with E-state index < -0.39 is 5.60 Å². The fraction of sp³-hybridized carbons (Fsp3) is 0.600. The van der Waals surface area contributed by atoms with Crippen molar-refractivity contribution in [1.29, 1.82) is 0 Å². The lowest BCUT2D eigenvalue weighted by molar-refractivity contribution is -0.123. The molecule has 6 heteroatoms. The van der Waals surface area contributed by atoms with E-state index in [0.717, 1.165) is 44.2 Å². The van der Waals surface area contributed by atoms with Crippen LogP contribution >= 0.6 is 0 Å². The van der Waals surface area contributed by atoms with Crippen molar-refractivity contribution in [2.24, 2.45) is 16.7 Å². The highest BCUT2D eigenvalue weighted by Crippen LogP contribution is 2.63. The average Bonchev–Trinajstić information content (AvgIpc) is 3.06. The van der Waals surface area contributed by atoms with Crippen LogP contribution < -0.4 is 15.5 Å². The lowest BCUT2D eigenvalue weighted by Gasteiger charge is -2.51. The van der Waals surface area contributed by atoms with Crippen molar-refractivity contribution >= 4 is 11.6 Å². The molecule has 6 nitrogen and oxygen atoms in total. The number of rotatable bonds is 9. The van der Waals surface area contributed by atoms with Gasteiger partial charge in [0.2, 0.25) is 5.91 Å². The van der Waals surface area contributed by atoms with E-state index in [-0.39, 0.29) is 16.7 Å². The average molecular weight is 493 g/mol. The largest absolute Gasteiger partial charge is 0.390 e. The number of aliphatic hydroxyl groups is 1.